The van der Waals surface area contributed by atoms with Gasteiger partial charge in [0, 0.05) is 17.0 Å². The molecular formula is C14H16BrClO3. The Balaban J connectivity index is 1.86. The molecular weight excluding hydrogens is 332 g/mol. The average molecular weight is 348 g/mol. The Kier molecular flexibility index (Phi) is 4.20. The van der Waals surface area contributed by atoms with Crippen LogP contribution < -0.4 is 9.47 Å². The first-order valence-electron chi connectivity index (χ1n) is 6.56. The second kappa shape index (κ2) is 5.90. The van der Waals surface area contributed by atoms with Gasteiger partial charge < -0.3 is 14.2 Å². The van der Waals surface area contributed by atoms with Crippen LogP contribution in [0, 0.1) is 5.92 Å². The normalized spacial score (nSPS) is 24.0. The van der Waals surface area contributed by atoms with Crippen LogP contribution in [0.2, 0.25) is 0 Å². The molecule has 0 aliphatic carbocycles. The van der Waals surface area contributed by atoms with Crippen LogP contribution in [-0.2, 0) is 4.74 Å². The molecule has 0 bridgehead atoms. The zero-order valence-electron chi connectivity index (χ0n) is 10.5. The van der Waals surface area contributed by atoms with E-state index in [1.807, 2.05) is 12.1 Å². The summed E-state index contributed by atoms with van der Waals surface area (Å²) in [4.78, 5) is 0. The molecule has 1 fully saturated rings. The van der Waals surface area contributed by atoms with Crippen LogP contribution in [0.15, 0.2) is 16.6 Å². The van der Waals surface area contributed by atoms with Crippen molar-refractivity contribution in [1.82, 2.24) is 0 Å². The Bertz CT molecular complexity index is 460. The average Bonchev–Trinajstić information content (AvgIpc) is 2.47. The maximum atomic E-state index is 6.63. The first-order chi connectivity index (χ1) is 9.25. The van der Waals surface area contributed by atoms with Gasteiger partial charge in [0.1, 0.15) is 13.2 Å². The Morgan fingerprint density at radius 1 is 1.16 bits per heavy atom. The van der Waals surface area contributed by atoms with Crippen molar-refractivity contribution >= 4 is 27.5 Å². The van der Waals surface area contributed by atoms with Crippen molar-refractivity contribution in [1.29, 1.82) is 0 Å². The third-order valence-corrected chi connectivity index (χ3v) is 4.85. The fourth-order valence-corrected chi connectivity index (χ4v) is 3.62. The molecule has 2 atom stereocenters. The molecule has 19 heavy (non-hydrogen) atoms. The monoisotopic (exact) mass is 346 g/mol. The van der Waals surface area contributed by atoms with Crippen molar-refractivity contribution in [3.05, 3.63) is 22.2 Å². The van der Waals surface area contributed by atoms with Gasteiger partial charge in [0.15, 0.2) is 11.5 Å². The highest BCUT2D eigenvalue weighted by Crippen LogP contribution is 2.43. The van der Waals surface area contributed by atoms with E-state index in [0.29, 0.717) is 19.1 Å². The third-order valence-electron chi connectivity index (χ3n) is 3.57. The van der Waals surface area contributed by atoms with E-state index < -0.39 is 0 Å². The number of halogens is 2. The van der Waals surface area contributed by atoms with Crippen LogP contribution in [-0.4, -0.2) is 26.4 Å². The predicted octanol–water partition coefficient (Wildman–Crippen LogP) is 3.93. The SMILES string of the molecule is ClC(c1cc2c(cc1Br)OCCO2)C1CCCOC1. The molecule has 1 saturated heterocycles. The molecule has 3 nitrogen and oxygen atoms in total. The number of fused-ring (bicyclic) bond motifs is 1. The van der Waals surface area contributed by atoms with E-state index in [0.717, 1.165) is 47.6 Å². The molecule has 1 aromatic rings. The van der Waals surface area contributed by atoms with Gasteiger partial charge >= 0.3 is 0 Å². The summed E-state index contributed by atoms with van der Waals surface area (Å²) in [6, 6.07) is 3.94. The van der Waals surface area contributed by atoms with Crippen molar-refractivity contribution in [2.24, 2.45) is 5.92 Å². The van der Waals surface area contributed by atoms with Gasteiger partial charge in [-0.05, 0) is 30.5 Å². The van der Waals surface area contributed by atoms with Crippen molar-refractivity contribution in [3.8, 4) is 11.5 Å². The lowest BCUT2D eigenvalue weighted by Crippen LogP contribution is -2.22. The van der Waals surface area contributed by atoms with Crippen molar-refractivity contribution < 1.29 is 14.2 Å². The van der Waals surface area contributed by atoms with Crippen LogP contribution in [0.1, 0.15) is 23.8 Å². The van der Waals surface area contributed by atoms with Crippen LogP contribution in [0.5, 0.6) is 11.5 Å². The highest BCUT2D eigenvalue weighted by molar-refractivity contribution is 9.10. The van der Waals surface area contributed by atoms with E-state index >= 15 is 0 Å². The molecule has 1 aromatic carbocycles. The zero-order chi connectivity index (χ0) is 13.2. The number of benzene rings is 1. The molecule has 0 radical (unpaired) electrons. The number of alkyl halides is 1. The fourth-order valence-electron chi connectivity index (χ4n) is 2.54. The summed E-state index contributed by atoms with van der Waals surface area (Å²) in [5.41, 5.74) is 1.06. The number of rotatable bonds is 2. The van der Waals surface area contributed by atoms with Crippen LogP contribution in [0.25, 0.3) is 0 Å². The van der Waals surface area contributed by atoms with E-state index in [-0.39, 0.29) is 5.38 Å². The quantitative estimate of drug-likeness (QED) is 0.759. The van der Waals surface area contributed by atoms with Crippen molar-refractivity contribution in [2.75, 3.05) is 26.4 Å². The maximum absolute atomic E-state index is 6.63. The van der Waals surface area contributed by atoms with Gasteiger partial charge in [0.25, 0.3) is 0 Å². The first kappa shape index (κ1) is 13.5. The van der Waals surface area contributed by atoms with Gasteiger partial charge in [0.2, 0.25) is 0 Å². The standard InChI is InChI=1S/C14H16BrClO3/c15-11-7-13-12(18-4-5-19-13)6-10(11)14(16)9-2-1-3-17-8-9/h6-7,9,14H,1-5,8H2. The van der Waals surface area contributed by atoms with E-state index in [1.165, 1.54) is 0 Å². The molecule has 3 rings (SSSR count). The van der Waals surface area contributed by atoms with Gasteiger partial charge in [0.05, 0.1) is 12.0 Å². The highest BCUT2D eigenvalue weighted by atomic mass is 79.9. The summed E-state index contributed by atoms with van der Waals surface area (Å²) >= 11 is 10.2. The number of hydrogen-bond donors (Lipinski definition) is 0. The summed E-state index contributed by atoms with van der Waals surface area (Å²) in [6.07, 6.45) is 2.19. The Morgan fingerprint density at radius 3 is 2.58 bits per heavy atom. The molecule has 2 unspecified atom stereocenters. The lowest BCUT2D eigenvalue weighted by atomic mass is 9.93. The van der Waals surface area contributed by atoms with Gasteiger partial charge in [-0.2, -0.15) is 0 Å². The minimum atomic E-state index is -0.0644. The smallest absolute Gasteiger partial charge is 0.162 e. The van der Waals surface area contributed by atoms with Gasteiger partial charge in [-0.1, -0.05) is 15.9 Å². The summed E-state index contributed by atoms with van der Waals surface area (Å²) in [7, 11) is 0. The largest absolute Gasteiger partial charge is 0.486 e. The second-order valence-electron chi connectivity index (χ2n) is 4.90. The van der Waals surface area contributed by atoms with Gasteiger partial charge in [-0.25, -0.2) is 0 Å². The first-order valence-corrected chi connectivity index (χ1v) is 7.79. The van der Waals surface area contributed by atoms with Crippen LogP contribution >= 0.6 is 27.5 Å². The number of ether oxygens (including phenoxy) is 3. The summed E-state index contributed by atoms with van der Waals surface area (Å²) in [6.45, 7) is 2.77. The Labute approximate surface area is 126 Å². The Morgan fingerprint density at radius 2 is 1.89 bits per heavy atom. The molecule has 104 valence electrons. The predicted molar refractivity (Wildman–Crippen MR) is 77.3 cm³/mol. The molecule has 0 N–H and O–H groups in total. The van der Waals surface area contributed by atoms with E-state index in [4.69, 9.17) is 25.8 Å². The molecule has 2 aliphatic heterocycles. The lowest BCUT2D eigenvalue weighted by molar-refractivity contribution is 0.0530. The molecule has 0 amide bonds. The van der Waals surface area contributed by atoms with Crippen molar-refractivity contribution in [3.63, 3.8) is 0 Å². The minimum absolute atomic E-state index is 0.0644. The maximum Gasteiger partial charge on any atom is 0.162 e. The summed E-state index contributed by atoms with van der Waals surface area (Å²) in [5, 5.41) is -0.0644. The van der Waals surface area contributed by atoms with E-state index in [9.17, 15) is 0 Å². The van der Waals surface area contributed by atoms with Crippen molar-refractivity contribution in [2.45, 2.75) is 18.2 Å². The van der Waals surface area contributed by atoms with E-state index in [1.54, 1.807) is 0 Å². The third kappa shape index (κ3) is 2.86. The lowest BCUT2D eigenvalue weighted by Gasteiger charge is -2.28. The second-order valence-corrected chi connectivity index (χ2v) is 6.22. The van der Waals surface area contributed by atoms with Gasteiger partial charge in [-0.15, -0.1) is 11.6 Å². The molecule has 0 spiro atoms. The molecule has 5 heteroatoms. The molecule has 0 aromatic heterocycles. The van der Waals surface area contributed by atoms with Crippen LogP contribution in [0.4, 0.5) is 0 Å². The van der Waals surface area contributed by atoms with Crippen LogP contribution in [0.3, 0.4) is 0 Å². The van der Waals surface area contributed by atoms with Gasteiger partial charge in [-0.3, -0.25) is 0 Å². The van der Waals surface area contributed by atoms with E-state index in [2.05, 4.69) is 15.9 Å². The Hall–Kier alpha value is -0.450. The molecule has 2 aliphatic rings. The number of hydrogen-bond acceptors (Lipinski definition) is 3. The molecule has 0 saturated carbocycles. The fraction of sp³-hybridized carbons (Fsp3) is 0.571. The zero-order valence-corrected chi connectivity index (χ0v) is 12.9. The highest BCUT2D eigenvalue weighted by Gasteiger charge is 2.27. The molecule has 2 heterocycles. The summed E-state index contributed by atoms with van der Waals surface area (Å²) < 4.78 is 17.7. The minimum Gasteiger partial charge on any atom is -0.486 e. The topological polar surface area (TPSA) is 27.7 Å². The summed E-state index contributed by atoms with van der Waals surface area (Å²) in [5.74, 6) is 1.92.